The summed E-state index contributed by atoms with van der Waals surface area (Å²) >= 11 is 0. The molecule has 2 aromatic rings. The van der Waals surface area contributed by atoms with E-state index in [0.717, 1.165) is 0 Å². The second-order valence-corrected chi connectivity index (χ2v) is 6.38. The molecule has 2 N–H and O–H groups in total. The minimum absolute atomic E-state index is 0.0777. The highest BCUT2D eigenvalue weighted by Gasteiger charge is 2.54. The van der Waals surface area contributed by atoms with E-state index in [9.17, 15) is 20.2 Å². The Labute approximate surface area is 153 Å². The third-order valence-electron chi connectivity index (χ3n) is 4.61. The molecule has 0 fully saturated rings. The maximum absolute atomic E-state index is 11.6. The van der Waals surface area contributed by atoms with Crippen molar-refractivity contribution in [3.8, 4) is 11.5 Å². The average molecular weight is 372 g/mol. The molecule has 2 aromatic carbocycles. The van der Waals surface area contributed by atoms with Gasteiger partial charge in [-0.15, -0.1) is 0 Å². The number of nitro groups is 2. The molecule has 0 aromatic heterocycles. The molecule has 10 nitrogen and oxygen atoms in total. The number of nitrogens with one attached hydrogen (secondary N) is 2. The Morgan fingerprint density at radius 3 is 1.56 bits per heavy atom. The molecule has 0 amide bonds. The number of anilines is 2. The van der Waals surface area contributed by atoms with Gasteiger partial charge in [0.2, 0.25) is 0 Å². The quantitative estimate of drug-likeness (QED) is 0.585. The van der Waals surface area contributed by atoms with E-state index in [4.69, 9.17) is 9.47 Å². The lowest BCUT2D eigenvalue weighted by Crippen LogP contribution is -2.51. The molecule has 0 saturated carbocycles. The van der Waals surface area contributed by atoms with E-state index < -0.39 is 21.5 Å². The summed E-state index contributed by atoms with van der Waals surface area (Å²) < 4.78 is 11.1. The summed E-state index contributed by atoms with van der Waals surface area (Å²) in [7, 11) is 0. The largest absolute Gasteiger partial charge is 0.447 e. The van der Waals surface area contributed by atoms with Crippen LogP contribution in [-0.4, -0.2) is 21.5 Å². The van der Waals surface area contributed by atoms with Crippen LogP contribution in [-0.2, 0) is 0 Å². The molecule has 0 aliphatic carbocycles. The maximum Gasteiger partial charge on any atom is 0.447 e. The fourth-order valence-corrected chi connectivity index (χ4v) is 3.30. The molecule has 2 aliphatic rings. The van der Waals surface area contributed by atoms with Gasteiger partial charge in [-0.05, 0) is 30.7 Å². The first-order chi connectivity index (χ1) is 12.9. The van der Waals surface area contributed by atoms with Crippen molar-refractivity contribution in [2.75, 3.05) is 10.6 Å². The first kappa shape index (κ1) is 16.9. The lowest BCUT2D eigenvalue weighted by atomic mass is 10.1. The molecule has 2 unspecified atom stereocenters. The molecule has 10 heteroatoms. The van der Waals surface area contributed by atoms with Gasteiger partial charge in [-0.25, -0.2) is 0 Å². The average Bonchev–Trinajstić information content (AvgIpc) is 3.21. The molecule has 0 bridgehead atoms. The van der Waals surface area contributed by atoms with E-state index in [2.05, 4.69) is 10.6 Å². The molecule has 0 radical (unpaired) electrons. The standard InChI is InChI=1S/C17H16N4O6/c22-20(23)16(18-12-6-1-3-8-14(12)26-16)10-5-11-17(21(24)25)19-13-7-2-4-9-15(13)27-17/h1-4,6-9,18-19H,5,10-11H2. The van der Waals surface area contributed by atoms with Crippen molar-refractivity contribution in [1.82, 2.24) is 0 Å². The Balaban J connectivity index is 1.48. The first-order valence-electron chi connectivity index (χ1n) is 8.36. The Morgan fingerprint density at radius 1 is 0.778 bits per heavy atom. The fraction of sp³-hybridized carbons (Fsp3) is 0.294. The zero-order chi connectivity index (χ0) is 19.1. The van der Waals surface area contributed by atoms with Crippen LogP contribution in [0.25, 0.3) is 0 Å². The summed E-state index contributed by atoms with van der Waals surface area (Å²) in [5.41, 5.74) is 1.03. The van der Waals surface area contributed by atoms with E-state index in [0.29, 0.717) is 22.9 Å². The molecule has 2 atom stereocenters. The summed E-state index contributed by atoms with van der Waals surface area (Å²) in [5.74, 6) is -2.96. The minimum Gasteiger partial charge on any atom is -0.409 e. The SMILES string of the molecule is O=[N+]([O-])C1(CCCC2([N+](=O)[O-])Nc3ccccc3O2)Nc2ccccc2O1. The number of hydrogen-bond acceptors (Lipinski definition) is 8. The maximum atomic E-state index is 11.6. The fourth-order valence-electron chi connectivity index (χ4n) is 3.30. The summed E-state index contributed by atoms with van der Waals surface area (Å²) in [5, 5.41) is 28.9. The van der Waals surface area contributed by atoms with Gasteiger partial charge in [0.05, 0.1) is 34.1 Å². The van der Waals surface area contributed by atoms with E-state index in [1.807, 2.05) is 0 Å². The normalized spacial score (nSPS) is 24.6. The van der Waals surface area contributed by atoms with Crippen molar-refractivity contribution in [2.24, 2.45) is 0 Å². The van der Waals surface area contributed by atoms with Crippen LogP contribution in [0.5, 0.6) is 11.5 Å². The molecule has 27 heavy (non-hydrogen) atoms. The van der Waals surface area contributed by atoms with Crippen LogP contribution in [0, 0.1) is 20.2 Å². The smallest absolute Gasteiger partial charge is 0.409 e. The molecule has 2 heterocycles. The third kappa shape index (κ3) is 2.75. The molecule has 0 spiro atoms. The van der Waals surface area contributed by atoms with Gasteiger partial charge in [-0.3, -0.25) is 30.9 Å². The van der Waals surface area contributed by atoms with Crippen molar-refractivity contribution in [3.05, 3.63) is 68.8 Å². The minimum atomic E-state index is -1.85. The molecule has 140 valence electrons. The van der Waals surface area contributed by atoms with Crippen molar-refractivity contribution >= 4 is 11.4 Å². The number of nitrogens with zero attached hydrogens (tertiary/aromatic N) is 2. The van der Waals surface area contributed by atoms with Crippen LogP contribution in [0.2, 0.25) is 0 Å². The Bertz CT molecular complexity index is 794. The highest BCUT2D eigenvalue weighted by Crippen LogP contribution is 2.41. The number of rotatable bonds is 6. The number of para-hydroxylation sites is 4. The van der Waals surface area contributed by atoms with Gasteiger partial charge in [-0.2, -0.15) is 0 Å². The van der Waals surface area contributed by atoms with Crippen LogP contribution in [0.15, 0.2) is 48.5 Å². The van der Waals surface area contributed by atoms with Crippen LogP contribution in [0.4, 0.5) is 11.4 Å². The summed E-state index contributed by atoms with van der Waals surface area (Å²) in [6, 6.07) is 13.5. The molecular weight excluding hydrogens is 356 g/mol. The molecule has 4 rings (SSSR count). The van der Waals surface area contributed by atoms with Crippen molar-refractivity contribution in [1.29, 1.82) is 0 Å². The van der Waals surface area contributed by atoms with E-state index in [1.165, 1.54) is 0 Å². The summed E-state index contributed by atoms with van der Waals surface area (Å²) in [6.07, 6.45) is -0.0404. The number of ether oxygens (including phenoxy) is 2. The van der Waals surface area contributed by atoms with E-state index >= 15 is 0 Å². The van der Waals surface area contributed by atoms with Gasteiger partial charge >= 0.3 is 11.7 Å². The van der Waals surface area contributed by atoms with E-state index in [1.54, 1.807) is 48.5 Å². The van der Waals surface area contributed by atoms with Crippen molar-refractivity contribution in [3.63, 3.8) is 0 Å². The third-order valence-corrected chi connectivity index (χ3v) is 4.61. The van der Waals surface area contributed by atoms with Gasteiger partial charge in [0.15, 0.2) is 11.5 Å². The number of hydrogen-bond donors (Lipinski definition) is 2. The van der Waals surface area contributed by atoms with Crippen LogP contribution >= 0.6 is 0 Å². The molecule has 0 saturated heterocycles. The molecule has 2 aliphatic heterocycles. The highest BCUT2D eigenvalue weighted by molar-refractivity contribution is 5.61. The zero-order valence-electron chi connectivity index (χ0n) is 14.1. The second-order valence-electron chi connectivity index (χ2n) is 6.38. The number of benzene rings is 2. The van der Waals surface area contributed by atoms with Crippen LogP contribution < -0.4 is 20.1 Å². The summed E-state index contributed by atoms with van der Waals surface area (Å²) in [6.45, 7) is 0. The Morgan fingerprint density at radius 2 is 1.19 bits per heavy atom. The molecular formula is C17H16N4O6. The lowest BCUT2D eigenvalue weighted by Gasteiger charge is -2.22. The predicted octanol–water partition coefficient (Wildman–Crippen LogP) is 3.03. The van der Waals surface area contributed by atoms with Crippen LogP contribution in [0.3, 0.4) is 0 Å². The highest BCUT2D eigenvalue weighted by atomic mass is 16.7. The Kier molecular flexibility index (Phi) is 3.76. The number of fused-ring (bicyclic) bond motifs is 2. The van der Waals surface area contributed by atoms with Gasteiger partial charge in [0.1, 0.15) is 0 Å². The van der Waals surface area contributed by atoms with Gasteiger partial charge < -0.3 is 9.47 Å². The second kappa shape index (κ2) is 6.01. The topological polar surface area (TPSA) is 129 Å². The van der Waals surface area contributed by atoms with Crippen molar-refractivity contribution < 1.29 is 19.3 Å². The zero-order valence-corrected chi connectivity index (χ0v) is 14.1. The Hall–Kier alpha value is -3.56. The van der Waals surface area contributed by atoms with Crippen molar-refractivity contribution in [2.45, 2.75) is 31.0 Å². The predicted molar refractivity (Wildman–Crippen MR) is 94.7 cm³/mol. The monoisotopic (exact) mass is 372 g/mol. The van der Waals surface area contributed by atoms with Crippen LogP contribution in [0.1, 0.15) is 19.3 Å². The summed E-state index contributed by atoms with van der Waals surface area (Å²) in [4.78, 5) is 22.2. The van der Waals surface area contributed by atoms with E-state index in [-0.39, 0.29) is 19.3 Å². The first-order valence-corrected chi connectivity index (χ1v) is 8.36. The van der Waals surface area contributed by atoms with Gasteiger partial charge in [0, 0.05) is 0 Å². The lowest BCUT2D eigenvalue weighted by molar-refractivity contribution is -0.611. The van der Waals surface area contributed by atoms with Gasteiger partial charge in [0.25, 0.3) is 0 Å². The van der Waals surface area contributed by atoms with Gasteiger partial charge in [-0.1, -0.05) is 24.3 Å².